The van der Waals surface area contributed by atoms with Gasteiger partial charge in [-0.1, -0.05) is 6.07 Å². The Balaban J connectivity index is 2.15. The molecule has 0 saturated carbocycles. The molecule has 1 saturated heterocycles. The number of thiol groups is 1. The van der Waals surface area contributed by atoms with Gasteiger partial charge in [0.05, 0.1) is 5.60 Å². The van der Waals surface area contributed by atoms with Crippen molar-refractivity contribution in [1.29, 1.82) is 0 Å². The maximum Gasteiger partial charge on any atom is 0.253 e. The minimum atomic E-state index is -0.757. The zero-order valence-corrected chi connectivity index (χ0v) is 10.8. The Hall–Kier alpha value is -1.00. The lowest BCUT2D eigenvalue weighted by Gasteiger charge is -2.36. The van der Waals surface area contributed by atoms with Crippen LogP contribution in [0.1, 0.15) is 30.1 Å². The molecular weight excluding hydrogens is 234 g/mol. The molecule has 4 heteroatoms. The summed E-state index contributed by atoms with van der Waals surface area (Å²) in [6.45, 7) is 2.90. The molecule has 0 spiro atoms. The number of carbonyl (C=O) groups is 1. The zero-order chi connectivity index (χ0) is 12.5. The Morgan fingerprint density at radius 2 is 2.29 bits per heavy atom. The first kappa shape index (κ1) is 12.5. The van der Waals surface area contributed by atoms with Crippen LogP contribution in [0.2, 0.25) is 0 Å². The Labute approximate surface area is 107 Å². The van der Waals surface area contributed by atoms with Crippen LogP contribution < -0.4 is 0 Å². The van der Waals surface area contributed by atoms with Gasteiger partial charge in [-0.15, -0.1) is 12.6 Å². The van der Waals surface area contributed by atoms with Crippen LogP contribution in [0.15, 0.2) is 29.2 Å². The second-order valence-electron chi connectivity index (χ2n) is 4.88. The molecule has 0 aliphatic carbocycles. The summed E-state index contributed by atoms with van der Waals surface area (Å²) < 4.78 is 0. The first-order valence-corrected chi connectivity index (χ1v) is 6.23. The third-order valence-corrected chi connectivity index (χ3v) is 3.33. The largest absolute Gasteiger partial charge is 0.388 e. The van der Waals surface area contributed by atoms with Crippen LogP contribution in [-0.2, 0) is 0 Å². The smallest absolute Gasteiger partial charge is 0.253 e. The number of nitrogens with zero attached hydrogens (tertiary/aromatic N) is 1. The Bertz CT molecular complexity index is 431. The summed E-state index contributed by atoms with van der Waals surface area (Å²) >= 11 is 4.23. The summed E-state index contributed by atoms with van der Waals surface area (Å²) in [5.74, 6) is -0.0270. The van der Waals surface area contributed by atoms with E-state index in [9.17, 15) is 9.90 Å². The zero-order valence-electron chi connectivity index (χ0n) is 9.89. The molecule has 1 aliphatic heterocycles. The fourth-order valence-electron chi connectivity index (χ4n) is 2.21. The van der Waals surface area contributed by atoms with E-state index in [1.165, 1.54) is 0 Å². The van der Waals surface area contributed by atoms with E-state index in [4.69, 9.17) is 0 Å². The third-order valence-electron chi connectivity index (χ3n) is 3.06. The number of β-amino-alcohol motifs (C(OH)–C–C–N with tert-alkyl or cyclic N) is 1. The highest BCUT2D eigenvalue weighted by molar-refractivity contribution is 7.80. The lowest BCUT2D eigenvalue weighted by molar-refractivity contribution is -0.0107. The number of aliphatic hydroxyl groups is 1. The SMILES string of the molecule is CC1(O)CCCN(C(=O)c2cccc(S)c2)C1. The van der Waals surface area contributed by atoms with Gasteiger partial charge in [0.2, 0.25) is 0 Å². The van der Waals surface area contributed by atoms with E-state index in [-0.39, 0.29) is 5.91 Å². The Morgan fingerprint density at radius 1 is 1.53 bits per heavy atom. The lowest BCUT2D eigenvalue weighted by atomic mass is 9.94. The molecular formula is C13H17NO2S. The van der Waals surface area contributed by atoms with Crippen LogP contribution in [0.4, 0.5) is 0 Å². The van der Waals surface area contributed by atoms with E-state index in [2.05, 4.69) is 12.6 Å². The van der Waals surface area contributed by atoms with Gasteiger partial charge in [-0.2, -0.15) is 0 Å². The monoisotopic (exact) mass is 251 g/mol. The number of carbonyl (C=O) groups excluding carboxylic acids is 1. The van der Waals surface area contributed by atoms with E-state index < -0.39 is 5.60 Å². The first-order valence-electron chi connectivity index (χ1n) is 5.79. The fourth-order valence-corrected chi connectivity index (χ4v) is 2.44. The topological polar surface area (TPSA) is 40.5 Å². The quantitative estimate of drug-likeness (QED) is 0.749. The highest BCUT2D eigenvalue weighted by Gasteiger charge is 2.31. The van der Waals surface area contributed by atoms with Crippen LogP contribution in [0.5, 0.6) is 0 Å². The summed E-state index contributed by atoms with van der Waals surface area (Å²) in [6, 6.07) is 7.20. The highest BCUT2D eigenvalue weighted by atomic mass is 32.1. The number of rotatable bonds is 1. The number of amides is 1. The van der Waals surface area contributed by atoms with Crippen molar-refractivity contribution >= 4 is 18.5 Å². The predicted molar refractivity (Wildman–Crippen MR) is 69.5 cm³/mol. The molecule has 0 bridgehead atoms. The molecule has 1 aromatic rings. The van der Waals surface area contributed by atoms with Crippen LogP contribution in [0.3, 0.4) is 0 Å². The van der Waals surface area contributed by atoms with Gasteiger partial charge in [0.15, 0.2) is 0 Å². The van der Waals surface area contributed by atoms with Gasteiger partial charge in [0.1, 0.15) is 0 Å². The molecule has 2 rings (SSSR count). The summed E-state index contributed by atoms with van der Waals surface area (Å²) in [5, 5.41) is 9.99. The maximum absolute atomic E-state index is 12.2. The van der Waals surface area contributed by atoms with Gasteiger partial charge in [0, 0.05) is 23.5 Å². The van der Waals surface area contributed by atoms with Crippen molar-refractivity contribution in [2.45, 2.75) is 30.3 Å². The van der Waals surface area contributed by atoms with Gasteiger partial charge in [0.25, 0.3) is 5.91 Å². The van der Waals surface area contributed by atoms with E-state index >= 15 is 0 Å². The second-order valence-corrected chi connectivity index (χ2v) is 5.39. The van der Waals surface area contributed by atoms with Gasteiger partial charge in [-0.25, -0.2) is 0 Å². The van der Waals surface area contributed by atoms with Gasteiger partial charge >= 0.3 is 0 Å². The molecule has 1 unspecified atom stereocenters. The number of likely N-dealkylation sites (tertiary alicyclic amines) is 1. The van der Waals surface area contributed by atoms with Crippen LogP contribution in [0, 0.1) is 0 Å². The van der Waals surface area contributed by atoms with Crippen molar-refractivity contribution < 1.29 is 9.90 Å². The van der Waals surface area contributed by atoms with Crippen LogP contribution in [0.25, 0.3) is 0 Å². The van der Waals surface area contributed by atoms with E-state index in [1.807, 2.05) is 12.1 Å². The molecule has 1 aliphatic rings. The number of hydrogen-bond acceptors (Lipinski definition) is 3. The first-order chi connectivity index (χ1) is 7.98. The standard InChI is InChI=1S/C13H17NO2S/c1-13(16)6-3-7-14(9-13)12(15)10-4-2-5-11(17)8-10/h2,4-5,8,16-17H,3,6-7,9H2,1H3. The average Bonchev–Trinajstić information content (AvgIpc) is 2.26. The van der Waals surface area contributed by atoms with Gasteiger partial charge in [-0.3, -0.25) is 4.79 Å². The molecule has 1 fully saturated rings. The molecule has 1 heterocycles. The summed E-state index contributed by atoms with van der Waals surface area (Å²) in [6.07, 6.45) is 1.60. The van der Waals surface area contributed by atoms with Crippen molar-refractivity contribution in [1.82, 2.24) is 4.90 Å². The lowest BCUT2D eigenvalue weighted by Crippen LogP contribution is -2.48. The second kappa shape index (κ2) is 4.70. The molecule has 1 amide bonds. The van der Waals surface area contributed by atoms with Crippen molar-refractivity contribution in [3.63, 3.8) is 0 Å². The Kier molecular flexibility index (Phi) is 3.45. The molecule has 17 heavy (non-hydrogen) atoms. The summed E-state index contributed by atoms with van der Waals surface area (Å²) in [4.78, 5) is 14.7. The van der Waals surface area contributed by atoms with E-state index in [0.29, 0.717) is 18.7 Å². The average molecular weight is 251 g/mol. The van der Waals surface area contributed by atoms with Crippen molar-refractivity contribution in [3.05, 3.63) is 29.8 Å². The predicted octanol–water partition coefficient (Wildman–Crippen LogP) is 1.96. The third kappa shape index (κ3) is 3.01. The minimum Gasteiger partial charge on any atom is -0.388 e. The van der Waals surface area contributed by atoms with E-state index in [0.717, 1.165) is 17.7 Å². The minimum absolute atomic E-state index is 0.0270. The van der Waals surface area contributed by atoms with Crippen LogP contribution >= 0.6 is 12.6 Å². The summed E-state index contributed by atoms with van der Waals surface area (Å²) in [7, 11) is 0. The maximum atomic E-state index is 12.2. The fraction of sp³-hybridized carbons (Fsp3) is 0.462. The van der Waals surface area contributed by atoms with Crippen molar-refractivity contribution in [2.75, 3.05) is 13.1 Å². The highest BCUT2D eigenvalue weighted by Crippen LogP contribution is 2.22. The van der Waals surface area contributed by atoms with Gasteiger partial charge in [-0.05, 0) is 38.0 Å². The molecule has 1 N–H and O–H groups in total. The molecule has 0 radical (unpaired) electrons. The number of hydrogen-bond donors (Lipinski definition) is 2. The van der Waals surface area contributed by atoms with Gasteiger partial charge < -0.3 is 10.0 Å². The van der Waals surface area contributed by atoms with E-state index in [1.54, 1.807) is 24.0 Å². The Morgan fingerprint density at radius 3 is 2.94 bits per heavy atom. The molecule has 1 aromatic carbocycles. The van der Waals surface area contributed by atoms with Crippen LogP contribution in [-0.4, -0.2) is 34.6 Å². The summed E-state index contributed by atoms with van der Waals surface area (Å²) in [5.41, 5.74) is -0.123. The molecule has 3 nitrogen and oxygen atoms in total. The number of piperidine rings is 1. The van der Waals surface area contributed by atoms with Crippen molar-refractivity contribution in [3.8, 4) is 0 Å². The molecule has 1 atom stereocenters. The van der Waals surface area contributed by atoms with Crippen molar-refractivity contribution in [2.24, 2.45) is 0 Å². The molecule has 0 aromatic heterocycles. The molecule has 92 valence electrons. The number of benzene rings is 1. The normalized spacial score (nSPS) is 24.8.